The first-order chi connectivity index (χ1) is 10.7. The summed E-state index contributed by atoms with van der Waals surface area (Å²) < 4.78 is 26.7. The third-order valence-electron chi connectivity index (χ3n) is 3.40. The number of hydrogen-bond acceptors (Lipinski definition) is 3. The quantitative estimate of drug-likeness (QED) is 0.910. The van der Waals surface area contributed by atoms with Crippen LogP contribution in [0, 0.1) is 11.6 Å². The molecule has 1 aromatic carbocycles. The molecular weight excluding hydrogens is 318 g/mol. The van der Waals surface area contributed by atoms with Crippen molar-refractivity contribution < 1.29 is 13.6 Å². The summed E-state index contributed by atoms with van der Waals surface area (Å²) in [5.74, 6) is -1.51. The first-order valence-electron chi connectivity index (χ1n) is 7.36. The Morgan fingerprint density at radius 3 is 2.65 bits per heavy atom. The summed E-state index contributed by atoms with van der Waals surface area (Å²) in [6.45, 7) is 8.04. The first kappa shape index (κ1) is 17.5. The molecule has 6 heteroatoms. The lowest BCUT2D eigenvalue weighted by Gasteiger charge is -2.15. The van der Waals surface area contributed by atoms with E-state index in [4.69, 9.17) is 0 Å². The van der Waals surface area contributed by atoms with E-state index < -0.39 is 11.6 Å². The summed E-state index contributed by atoms with van der Waals surface area (Å²) in [5.41, 5.74) is 0.961. The number of amides is 1. The summed E-state index contributed by atoms with van der Waals surface area (Å²) in [5, 5.41) is 5.55. The highest BCUT2D eigenvalue weighted by molar-refractivity contribution is 7.09. The first-order valence-corrected chi connectivity index (χ1v) is 8.24. The van der Waals surface area contributed by atoms with E-state index in [0.29, 0.717) is 0 Å². The van der Waals surface area contributed by atoms with Gasteiger partial charge < -0.3 is 5.32 Å². The van der Waals surface area contributed by atoms with E-state index in [9.17, 15) is 13.6 Å². The fourth-order valence-electron chi connectivity index (χ4n) is 2.04. The molecule has 0 bridgehead atoms. The van der Waals surface area contributed by atoms with E-state index in [0.717, 1.165) is 28.9 Å². The summed E-state index contributed by atoms with van der Waals surface area (Å²) in [6, 6.07) is 2.82. The second kappa shape index (κ2) is 6.74. The normalized spacial score (nSPS) is 13.0. The second-order valence-corrected chi connectivity index (χ2v) is 7.41. The monoisotopic (exact) mass is 338 g/mol. The van der Waals surface area contributed by atoms with E-state index >= 15 is 0 Å². The van der Waals surface area contributed by atoms with Crippen molar-refractivity contribution >= 4 is 17.2 Å². The molecule has 2 rings (SSSR count). The molecule has 0 unspecified atom stereocenters. The molecule has 0 saturated heterocycles. The Labute approximate surface area is 138 Å². The summed E-state index contributed by atoms with van der Waals surface area (Å²) in [7, 11) is 0. The molecule has 0 saturated carbocycles. The zero-order valence-corrected chi connectivity index (χ0v) is 14.4. The van der Waals surface area contributed by atoms with E-state index in [1.165, 1.54) is 11.3 Å². The van der Waals surface area contributed by atoms with Crippen LogP contribution in [0.2, 0.25) is 0 Å². The van der Waals surface area contributed by atoms with Crippen LogP contribution in [0.1, 0.15) is 50.0 Å². The number of nitrogens with one attached hydrogen (secondary N) is 1. The predicted molar refractivity (Wildman–Crippen MR) is 87.4 cm³/mol. The average molecular weight is 338 g/mol. The van der Waals surface area contributed by atoms with Crippen LogP contribution in [0.5, 0.6) is 0 Å². The van der Waals surface area contributed by atoms with Gasteiger partial charge in [0.25, 0.3) is 0 Å². The van der Waals surface area contributed by atoms with Crippen LogP contribution in [-0.4, -0.2) is 10.9 Å². The third-order valence-corrected chi connectivity index (χ3v) is 4.42. The van der Waals surface area contributed by atoms with Gasteiger partial charge in [-0.25, -0.2) is 13.8 Å². The zero-order valence-electron chi connectivity index (χ0n) is 13.6. The molecule has 2 aromatic rings. The maximum Gasteiger partial charge on any atom is 0.225 e. The lowest BCUT2D eigenvalue weighted by atomic mass is 9.93. The number of thiazole rings is 1. The molecule has 1 amide bonds. The highest BCUT2D eigenvalue weighted by Crippen LogP contribution is 2.26. The number of benzene rings is 1. The highest BCUT2D eigenvalue weighted by Gasteiger charge is 2.20. The molecular formula is C17H20F2N2OS. The van der Waals surface area contributed by atoms with Crippen molar-refractivity contribution in [3.8, 4) is 0 Å². The van der Waals surface area contributed by atoms with E-state index in [-0.39, 0.29) is 29.3 Å². The van der Waals surface area contributed by atoms with Crippen LogP contribution in [0.3, 0.4) is 0 Å². The maximum absolute atomic E-state index is 13.6. The van der Waals surface area contributed by atoms with Crippen LogP contribution in [-0.2, 0) is 16.6 Å². The molecule has 1 aromatic heterocycles. The molecule has 0 spiro atoms. The van der Waals surface area contributed by atoms with Gasteiger partial charge in [-0.3, -0.25) is 4.79 Å². The molecule has 23 heavy (non-hydrogen) atoms. The van der Waals surface area contributed by atoms with Gasteiger partial charge in [-0.05, 0) is 25.1 Å². The summed E-state index contributed by atoms with van der Waals surface area (Å²) in [4.78, 5) is 16.6. The smallest absolute Gasteiger partial charge is 0.225 e. The van der Waals surface area contributed by atoms with Gasteiger partial charge in [0, 0.05) is 16.4 Å². The molecule has 1 heterocycles. The topological polar surface area (TPSA) is 42.0 Å². The van der Waals surface area contributed by atoms with Crippen LogP contribution < -0.4 is 5.32 Å². The van der Waals surface area contributed by atoms with E-state index in [1.807, 2.05) is 12.3 Å². The number of hydrogen-bond donors (Lipinski definition) is 1. The van der Waals surface area contributed by atoms with Gasteiger partial charge in [0.1, 0.15) is 16.6 Å². The molecule has 1 atom stereocenters. The Morgan fingerprint density at radius 1 is 1.35 bits per heavy atom. The van der Waals surface area contributed by atoms with Crippen molar-refractivity contribution in [2.24, 2.45) is 0 Å². The van der Waals surface area contributed by atoms with Crippen molar-refractivity contribution in [1.82, 2.24) is 10.3 Å². The number of rotatable bonds is 4. The number of carbonyl (C=O) groups is 1. The fraction of sp³-hybridized carbons (Fsp3) is 0.412. The lowest BCUT2D eigenvalue weighted by Crippen LogP contribution is -2.28. The minimum atomic E-state index is -0.585. The molecule has 0 radical (unpaired) electrons. The zero-order chi connectivity index (χ0) is 17.2. The number of nitrogens with zero attached hydrogens (tertiary/aromatic N) is 1. The minimum Gasteiger partial charge on any atom is -0.347 e. The highest BCUT2D eigenvalue weighted by atomic mass is 32.1. The van der Waals surface area contributed by atoms with Gasteiger partial charge in [0.2, 0.25) is 5.91 Å². The summed E-state index contributed by atoms with van der Waals surface area (Å²) >= 11 is 1.48. The van der Waals surface area contributed by atoms with Gasteiger partial charge in [-0.15, -0.1) is 11.3 Å². The van der Waals surface area contributed by atoms with Crippen molar-refractivity contribution in [3.05, 3.63) is 51.5 Å². The van der Waals surface area contributed by atoms with Gasteiger partial charge in [-0.2, -0.15) is 0 Å². The molecule has 3 nitrogen and oxygen atoms in total. The Morgan fingerprint density at radius 2 is 2.04 bits per heavy atom. The molecule has 0 aliphatic carbocycles. The van der Waals surface area contributed by atoms with Crippen molar-refractivity contribution in [1.29, 1.82) is 0 Å². The molecule has 0 aliphatic rings. The van der Waals surface area contributed by atoms with E-state index in [1.54, 1.807) is 0 Å². The van der Waals surface area contributed by atoms with Gasteiger partial charge in [0.05, 0.1) is 18.2 Å². The number of halogens is 2. The van der Waals surface area contributed by atoms with Crippen molar-refractivity contribution in [2.45, 2.75) is 45.6 Å². The van der Waals surface area contributed by atoms with Crippen molar-refractivity contribution in [3.63, 3.8) is 0 Å². The van der Waals surface area contributed by atoms with Gasteiger partial charge in [0.15, 0.2) is 0 Å². The molecule has 0 aliphatic heterocycles. The SMILES string of the molecule is C[C@@H](NC(=O)Cc1cc(F)ccc1F)c1nc(C(C)(C)C)cs1. The predicted octanol–water partition coefficient (Wildman–Crippen LogP) is 4.14. The van der Waals surface area contributed by atoms with Crippen LogP contribution in [0.4, 0.5) is 8.78 Å². The standard InChI is InChI=1S/C17H20F2N2OS/c1-10(16-21-14(9-23-16)17(2,3)4)20-15(22)8-11-7-12(18)5-6-13(11)19/h5-7,9-10H,8H2,1-4H3,(H,20,22)/t10-/m1/s1. The van der Waals surface area contributed by atoms with E-state index in [2.05, 4.69) is 31.1 Å². The maximum atomic E-state index is 13.6. The Balaban J connectivity index is 2.02. The summed E-state index contributed by atoms with van der Waals surface area (Å²) in [6.07, 6.45) is -0.203. The van der Waals surface area contributed by atoms with Crippen LogP contribution in [0.25, 0.3) is 0 Å². The molecule has 124 valence electrons. The lowest BCUT2D eigenvalue weighted by molar-refractivity contribution is -0.121. The number of aromatic nitrogens is 1. The Kier molecular flexibility index (Phi) is 5.14. The van der Waals surface area contributed by atoms with Gasteiger partial charge >= 0.3 is 0 Å². The minimum absolute atomic E-state index is 0.0456. The number of carbonyl (C=O) groups excluding carboxylic acids is 1. The molecule has 0 fully saturated rings. The van der Waals surface area contributed by atoms with Crippen molar-refractivity contribution in [2.75, 3.05) is 0 Å². The van der Waals surface area contributed by atoms with Gasteiger partial charge in [-0.1, -0.05) is 20.8 Å². The second-order valence-electron chi connectivity index (χ2n) is 6.52. The Bertz CT molecular complexity index is 707. The Hall–Kier alpha value is -1.82. The van der Waals surface area contributed by atoms with Crippen LogP contribution >= 0.6 is 11.3 Å². The van der Waals surface area contributed by atoms with Crippen LogP contribution in [0.15, 0.2) is 23.6 Å². The average Bonchev–Trinajstić information content (AvgIpc) is 2.92. The molecule has 1 N–H and O–H groups in total. The fourth-order valence-corrected chi connectivity index (χ4v) is 3.09. The third kappa shape index (κ3) is 4.58. The largest absolute Gasteiger partial charge is 0.347 e.